The van der Waals surface area contributed by atoms with E-state index in [0.29, 0.717) is 21.2 Å². The first-order chi connectivity index (χ1) is 15.5. The van der Waals surface area contributed by atoms with Crippen LogP contribution in [0.25, 0.3) is 10.2 Å². The number of carbonyl (C=O) groups is 2. The Morgan fingerprint density at radius 3 is 2.88 bits per heavy atom. The van der Waals surface area contributed by atoms with Crippen LogP contribution in [0.5, 0.6) is 0 Å². The highest BCUT2D eigenvalue weighted by Crippen LogP contribution is 2.36. The van der Waals surface area contributed by atoms with Crippen LogP contribution < -0.4 is 11.3 Å². The second-order valence-corrected chi connectivity index (χ2v) is 10.7. The van der Waals surface area contributed by atoms with Crippen LogP contribution in [0.2, 0.25) is 0 Å². The van der Waals surface area contributed by atoms with Crippen molar-refractivity contribution in [1.29, 1.82) is 0 Å². The monoisotopic (exact) mass is 485 g/mol. The molecule has 0 unspecified atom stereocenters. The summed E-state index contributed by atoms with van der Waals surface area (Å²) in [6, 6.07) is 7.06. The Labute approximate surface area is 195 Å². The smallest absolute Gasteiger partial charge is 0.263 e. The highest BCUT2D eigenvalue weighted by Gasteiger charge is 2.24. The molecule has 10 heteroatoms. The summed E-state index contributed by atoms with van der Waals surface area (Å²) in [6.07, 6.45) is 4.66. The molecule has 32 heavy (non-hydrogen) atoms. The van der Waals surface area contributed by atoms with Crippen LogP contribution in [0.15, 0.2) is 44.9 Å². The van der Waals surface area contributed by atoms with E-state index in [1.807, 2.05) is 6.07 Å². The van der Waals surface area contributed by atoms with E-state index in [1.54, 1.807) is 40.4 Å². The number of furan rings is 1. The highest BCUT2D eigenvalue weighted by molar-refractivity contribution is 7.99. The zero-order chi connectivity index (χ0) is 22.2. The van der Waals surface area contributed by atoms with Crippen molar-refractivity contribution in [3.8, 4) is 0 Å². The van der Waals surface area contributed by atoms with E-state index in [4.69, 9.17) is 15.1 Å². The van der Waals surface area contributed by atoms with Crippen molar-refractivity contribution in [1.82, 2.24) is 9.55 Å². The molecule has 5 rings (SSSR count). The number of amides is 1. The van der Waals surface area contributed by atoms with Gasteiger partial charge >= 0.3 is 0 Å². The third-order valence-corrected chi connectivity index (χ3v) is 8.59. The van der Waals surface area contributed by atoms with Crippen LogP contribution in [0.4, 0.5) is 0 Å². The number of thiophene rings is 2. The first-order valence-electron chi connectivity index (χ1n) is 10.1. The maximum Gasteiger partial charge on any atom is 0.263 e. The summed E-state index contributed by atoms with van der Waals surface area (Å²) in [5.41, 5.74) is 6.28. The molecule has 4 aromatic heterocycles. The molecule has 0 fully saturated rings. The zero-order valence-electron chi connectivity index (χ0n) is 17.0. The lowest BCUT2D eigenvalue weighted by molar-refractivity contribution is -0.117. The van der Waals surface area contributed by atoms with Gasteiger partial charge < -0.3 is 10.2 Å². The maximum absolute atomic E-state index is 13.5. The lowest BCUT2D eigenvalue weighted by atomic mass is 10.2. The number of nitrogens with two attached hydrogens (primary N) is 1. The van der Waals surface area contributed by atoms with Crippen molar-refractivity contribution in [3.05, 3.63) is 66.8 Å². The van der Waals surface area contributed by atoms with Gasteiger partial charge in [-0.15, -0.1) is 22.7 Å². The first kappa shape index (κ1) is 21.2. The Balaban J connectivity index is 1.46. The first-order valence-corrected chi connectivity index (χ1v) is 12.7. The fraction of sp³-hybridized carbons (Fsp3) is 0.273. The predicted molar refractivity (Wildman–Crippen MR) is 126 cm³/mol. The van der Waals surface area contributed by atoms with Crippen LogP contribution in [0.3, 0.4) is 0 Å². The minimum atomic E-state index is -0.428. The van der Waals surface area contributed by atoms with Crippen LogP contribution in [0, 0.1) is 0 Å². The third kappa shape index (κ3) is 4.05. The second kappa shape index (κ2) is 8.68. The Hall–Kier alpha value is -2.69. The molecule has 0 radical (unpaired) electrons. The molecule has 1 amide bonds. The summed E-state index contributed by atoms with van der Waals surface area (Å²) in [5.74, 6) is 0.283. The summed E-state index contributed by atoms with van der Waals surface area (Å²) in [5, 5.41) is 1.21. The second-order valence-electron chi connectivity index (χ2n) is 7.52. The van der Waals surface area contributed by atoms with Crippen LogP contribution in [-0.2, 0) is 30.6 Å². The van der Waals surface area contributed by atoms with E-state index in [-0.39, 0.29) is 30.1 Å². The normalized spacial score (nSPS) is 13.0. The summed E-state index contributed by atoms with van der Waals surface area (Å²) in [4.78, 5) is 45.4. The molecule has 0 saturated heterocycles. The summed E-state index contributed by atoms with van der Waals surface area (Å²) in [6.45, 7) is 0.262. The fourth-order valence-corrected chi connectivity index (χ4v) is 7.09. The van der Waals surface area contributed by atoms with Gasteiger partial charge in [0.25, 0.3) is 5.56 Å². The van der Waals surface area contributed by atoms with Crippen LogP contribution in [-0.4, -0.2) is 27.0 Å². The molecule has 0 bridgehead atoms. The third-order valence-electron chi connectivity index (χ3n) is 5.30. The van der Waals surface area contributed by atoms with Crippen LogP contribution in [0.1, 0.15) is 37.2 Å². The molecule has 0 atom stereocenters. The molecule has 4 heterocycles. The molecule has 2 N–H and O–H groups in total. The summed E-state index contributed by atoms with van der Waals surface area (Å²) < 4.78 is 7.07. The van der Waals surface area contributed by atoms with Gasteiger partial charge in [-0.25, -0.2) is 4.98 Å². The number of hydrogen-bond donors (Lipinski definition) is 1. The number of aromatic nitrogens is 2. The number of fused-ring (bicyclic) bond motifs is 3. The van der Waals surface area contributed by atoms with Crippen molar-refractivity contribution in [2.45, 2.75) is 37.4 Å². The zero-order valence-corrected chi connectivity index (χ0v) is 19.4. The minimum Gasteiger partial charge on any atom is -0.467 e. The van der Waals surface area contributed by atoms with Gasteiger partial charge in [-0.05, 0) is 49.1 Å². The van der Waals surface area contributed by atoms with Gasteiger partial charge in [-0.1, -0.05) is 11.8 Å². The van der Waals surface area contributed by atoms with E-state index in [9.17, 15) is 14.4 Å². The van der Waals surface area contributed by atoms with Crippen molar-refractivity contribution in [3.63, 3.8) is 0 Å². The van der Waals surface area contributed by atoms with E-state index in [1.165, 1.54) is 28.0 Å². The molecule has 0 aliphatic heterocycles. The van der Waals surface area contributed by atoms with Gasteiger partial charge in [0.15, 0.2) is 10.9 Å². The standard InChI is InChI=1S/C22H19N3O4S3/c23-18(27)9-13-6-7-17(31-13)15(26)11-30-22-24-20-19(14-4-1-5-16(14)32-20)21(28)25(22)10-12-3-2-8-29-12/h2-3,6-8H,1,4-5,9-11H2,(H2,23,27). The van der Waals surface area contributed by atoms with Gasteiger partial charge in [-0.3, -0.25) is 19.0 Å². The maximum atomic E-state index is 13.5. The van der Waals surface area contributed by atoms with Crippen molar-refractivity contribution < 1.29 is 14.0 Å². The van der Waals surface area contributed by atoms with Crippen LogP contribution >= 0.6 is 34.4 Å². The topological polar surface area (TPSA) is 108 Å². The molecule has 1 aliphatic rings. The Kier molecular flexibility index (Phi) is 5.75. The molecule has 0 saturated carbocycles. The Bertz CT molecular complexity index is 1380. The summed E-state index contributed by atoms with van der Waals surface area (Å²) in [7, 11) is 0. The molecule has 164 valence electrons. The lowest BCUT2D eigenvalue weighted by Gasteiger charge is -2.11. The SMILES string of the molecule is NC(=O)Cc1ccc(C(=O)CSc2nc3sc4c(c3c(=O)n2Cc2ccco2)CCC4)s1. The number of thioether (sulfide) groups is 1. The molecule has 7 nitrogen and oxygen atoms in total. The fourth-order valence-electron chi connectivity index (χ4n) is 3.86. The van der Waals surface area contributed by atoms with Gasteiger partial charge in [0.1, 0.15) is 10.6 Å². The van der Waals surface area contributed by atoms with Gasteiger partial charge in [-0.2, -0.15) is 0 Å². The predicted octanol–water partition coefficient (Wildman–Crippen LogP) is 3.65. The Morgan fingerprint density at radius 1 is 1.22 bits per heavy atom. The number of nitrogens with zero attached hydrogens (tertiary/aromatic N) is 2. The number of ketones is 1. The largest absolute Gasteiger partial charge is 0.467 e. The number of Topliss-reactive ketones (excluding diaryl/α,β-unsaturated/α-hetero) is 1. The van der Waals surface area contributed by atoms with E-state index < -0.39 is 5.91 Å². The quantitative estimate of drug-likeness (QED) is 0.232. The Morgan fingerprint density at radius 2 is 2.09 bits per heavy atom. The van der Waals surface area contributed by atoms with Crippen molar-refractivity contribution in [2.24, 2.45) is 5.73 Å². The lowest BCUT2D eigenvalue weighted by Crippen LogP contribution is -2.24. The molecule has 4 aromatic rings. The van der Waals surface area contributed by atoms with Gasteiger partial charge in [0.2, 0.25) is 5.91 Å². The number of aryl methyl sites for hydroxylation is 2. The number of hydrogen-bond acceptors (Lipinski definition) is 8. The highest BCUT2D eigenvalue weighted by atomic mass is 32.2. The van der Waals surface area contributed by atoms with E-state index in [2.05, 4.69) is 0 Å². The molecular weight excluding hydrogens is 466 g/mol. The molecule has 1 aliphatic carbocycles. The number of carbonyl (C=O) groups excluding carboxylic acids is 2. The average molecular weight is 486 g/mol. The molecular formula is C22H19N3O4S3. The number of primary amides is 1. The van der Waals surface area contributed by atoms with Gasteiger partial charge in [0, 0.05) is 9.75 Å². The van der Waals surface area contributed by atoms with Crippen molar-refractivity contribution >= 4 is 56.3 Å². The van der Waals surface area contributed by atoms with E-state index >= 15 is 0 Å². The van der Waals surface area contributed by atoms with Gasteiger partial charge in [0.05, 0.1) is 35.2 Å². The molecule has 0 spiro atoms. The number of rotatable bonds is 8. The summed E-state index contributed by atoms with van der Waals surface area (Å²) >= 11 is 4.10. The molecule has 0 aromatic carbocycles. The van der Waals surface area contributed by atoms with Crippen molar-refractivity contribution in [2.75, 3.05) is 5.75 Å². The van der Waals surface area contributed by atoms with E-state index in [0.717, 1.165) is 34.5 Å². The average Bonchev–Trinajstić information content (AvgIpc) is 3.52. The minimum absolute atomic E-state index is 0.0803.